The van der Waals surface area contributed by atoms with Crippen LogP contribution in [0.3, 0.4) is 0 Å². The first-order chi connectivity index (χ1) is 17.8. The lowest BCUT2D eigenvalue weighted by atomic mass is 10.1. The molecule has 1 aliphatic rings. The molecule has 0 saturated carbocycles. The largest absolute Gasteiger partial charge is 0.340 e. The van der Waals surface area contributed by atoms with Crippen molar-refractivity contribution in [3.63, 3.8) is 0 Å². The number of thioether (sulfide) groups is 1. The molecule has 7 heteroatoms. The van der Waals surface area contributed by atoms with Crippen LogP contribution in [0, 0.1) is 20.8 Å². The predicted octanol–water partition coefficient (Wildman–Crippen LogP) is 6.29. The van der Waals surface area contributed by atoms with Crippen molar-refractivity contribution in [2.75, 3.05) is 11.9 Å². The number of nitrogens with zero attached hydrogens (tertiary/aromatic N) is 2. The summed E-state index contributed by atoms with van der Waals surface area (Å²) in [5.74, 6) is -0.863. The smallest absolute Gasteiger partial charge is 0.294 e. The van der Waals surface area contributed by atoms with E-state index in [0.29, 0.717) is 17.1 Å². The summed E-state index contributed by atoms with van der Waals surface area (Å²) in [7, 11) is 0. The molecule has 0 unspecified atom stereocenters. The van der Waals surface area contributed by atoms with Crippen molar-refractivity contribution >= 4 is 51.5 Å². The van der Waals surface area contributed by atoms with Crippen molar-refractivity contribution in [2.24, 2.45) is 0 Å². The molecule has 186 valence electrons. The second kappa shape index (κ2) is 10.1. The van der Waals surface area contributed by atoms with Gasteiger partial charge < -0.3 is 9.88 Å². The highest BCUT2D eigenvalue weighted by atomic mass is 32.2. The zero-order valence-corrected chi connectivity index (χ0v) is 21.8. The number of hydrogen-bond acceptors (Lipinski definition) is 4. The highest BCUT2D eigenvalue weighted by Gasteiger charge is 2.36. The summed E-state index contributed by atoms with van der Waals surface area (Å²) < 4.78 is 2.22. The molecule has 0 atom stereocenters. The van der Waals surface area contributed by atoms with Gasteiger partial charge in [0.05, 0.1) is 4.91 Å². The van der Waals surface area contributed by atoms with E-state index in [2.05, 4.69) is 28.1 Å². The zero-order chi connectivity index (χ0) is 26.1. The molecule has 1 N–H and O–H groups in total. The van der Waals surface area contributed by atoms with Crippen molar-refractivity contribution < 1.29 is 14.4 Å². The summed E-state index contributed by atoms with van der Waals surface area (Å²) >= 11 is 0.870. The van der Waals surface area contributed by atoms with Gasteiger partial charge in [0, 0.05) is 34.4 Å². The number of hydrogen-bond donors (Lipinski definition) is 1. The normalized spacial score (nSPS) is 14.7. The van der Waals surface area contributed by atoms with E-state index in [-0.39, 0.29) is 6.54 Å². The van der Waals surface area contributed by atoms with Crippen molar-refractivity contribution in [2.45, 2.75) is 27.3 Å². The fourth-order valence-electron chi connectivity index (χ4n) is 4.58. The maximum atomic E-state index is 13.2. The minimum atomic E-state index is -0.453. The van der Waals surface area contributed by atoms with E-state index in [4.69, 9.17) is 0 Å². The van der Waals surface area contributed by atoms with Gasteiger partial charge in [-0.3, -0.25) is 19.3 Å². The molecule has 5 rings (SSSR count). The highest BCUT2D eigenvalue weighted by Crippen LogP contribution is 2.36. The van der Waals surface area contributed by atoms with Gasteiger partial charge in [-0.2, -0.15) is 0 Å². The fourth-order valence-corrected chi connectivity index (χ4v) is 5.40. The summed E-state index contributed by atoms with van der Waals surface area (Å²) in [5.41, 5.74) is 6.73. The average Bonchev–Trinajstić information content (AvgIpc) is 3.30. The molecule has 3 amide bonds. The van der Waals surface area contributed by atoms with Gasteiger partial charge in [0.25, 0.3) is 11.1 Å². The lowest BCUT2D eigenvalue weighted by Crippen LogP contribution is -2.36. The number of carbonyl (C=O) groups excluding carboxylic acids is 3. The Balaban J connectivity index is 1.41. The van der Waals surface area contributed by atoms with Crippen LogP contribution < -0.4 is 5.32 Å². The molecule has 3 aromatic carbocycles. The van der Waals surface area contributed by atoms with Gasteiger partial charge in [0.15, 0.2) is 0 Å². The molecule has 1 fully saturated rings. The minimum absolute atomic E-state index is 0.315. The van der Waals surface area contributed by atoms with Crippen LogP contribution in [0.25, 0.3) is 17.0 Å². The average molecular weight is 510 g/mol. The number of fused-ring (bicyclic) bond motifs is 1. The quantitative estimate of drug-likeness (QED) is 0.310. The van der Waals surface area contributed by atoms with Gasteiger partial charge in [-0.1, -0.05) is 60.7 Å². The van der Waals surface area contributed by atoms with Gasteiger partial charge in [-0.15, -0.1) is 0 Å². The first-order valence-electron chi connectivity index (χ1n) is 12.1. The molecule has 6 nitrogen and oxygen atoms in total. The molecule has 2 heterocycles. The maximum Gasteiger partial charge on any atom is 0.294 e. The summed E-state index contributed by atoms with van der Waals surface area (Å²) in [6.07, 6.45) is 1.78. The monoisotopic (exact) mass is 509 g/mol. The molecule has 4 aromatic rings. The Labute approximate surface area is 220 Å². The van der Waals surface area contributed by atoms with Gasteiger partial charge in [0.2, 0.25) is 5.91 Å². The van der Waals surface area contributed by atoms with Crippen LogP contribution in [0.2, 0.25) is 0 Å². The van der Waals surface area contributed by atoms with Crippen LogP contribution in [0.1, 0.15) is 27.9 Å². The van der Waals surface area contributed by atoms with Crippen LogP contribution in [-0.4, -0.2) is 33.1 Å². The zero-order valence-electron chi connectivity index (χ0n) is 20.9. The van der Waals surface area contributed by atoms with Crippen molar-refractivity contribution in [1.82, 2.24) is 9.47 Å². The topological polar surface area (TPSA) is 71.4 Å². The van der Waals surface area contributed by atoms with E-state index < -0.39 is 17.1 Å². The summed E-state index contributed by atoms with van der Waals surface area (Å²) in [4.78, 5) is 40.0. The molecular weight excluding hydrogens is 482 g/mol. The van der Waals surface area contributed by atoms with Crippen molar-refractivity contribution in [3.8, 4) is 0 Å². The lowest BCUT2D eigenvalue weighted by Gasteiger charge is -2.14. The van der Waals surface area contributed by atoms with Crippen LogP contribution in [0.15, 0.2) is 77.7 Å². The maximum absolute atomic E-state index is 13.2. The Bertz CT molecular complexity index is 1570. The number of aryl methyl sites for hydroxylation is 2. The number of imide groups is 1. The number of rotatable bonds is 6. The van der Waals surface area contributed by atoms with Crippen molar-refractivity contribution in [1.29, 1.82) is 0 Å². The Hall–Kier alpha value is -4.10. The van der Waals surface area contributed by atoms with Gasteiger partial charge in [0.1, 0.15) is 6.54 Å². The number of anilines is 1. The number of benzene rings is 3. The summed E-state index contributed by atoms with van der Waals surface area (Å²) in [6.45, 7) is 6.23. The molecule has 1 aromatic heterocycles. The fraction of sp³-hybridized carbons (Fsp3) is 0.167. The molecular formula is C30H27N3O3S. The van der Waals surface area contributed by atoms with E-state index in [1.54, 1.807) is 6.08 Å². The number of carbonyl (C=O) groups is 3. The molecule has 1 aliphatic heterocycles. The Morgan fingerprint density at radius 1 is 0.946 bits per heavy atom. The van der Waals surface area contributed by atoms with Gasteiger partial charge in [-0.25, -0.2) is 0 Å². The number of nitrogens with one attached hydrogen (secondary N) is 1. The third-order valence-corrected chi connectivity index (χ3v) is 7.49. The standard InChI is InChI=1S/C30H27N3O3S/c1-19-13-14-20(2)25(15-19)31-28(34)18-33-29(35)27(37-30(33)36)16-24-21(3)32(17-22-9-5-4-6-10-22)26-12-8-7-11-23(24)26/h4-16H,17-18H2,1-3H3,(H,31,34)/b27-16-. The third kappa shape index (κ3) is 4.95. The van der Waals surface area contributed by atoms with E-state index >= 15 is 0 Å². The van der Waals surface area contributed by atoms with Crippen molar-refractivity contribution in [3.05, 3.63) is 106 Å². The Morgan fingerprint density at radius 3 is 2.46 bits per heavy atom. The molecule has 37 heavy (non-hydrogen) atoms. The van der Waals surface area contributed by atoms with Crippen LogP contribution in [0.4, 0.5) is 10.5 Å². The first kappa shape index (κ1) is 24.6. The Kier molecular flexibility index (Phi) is 6.72. The van der Waals surface area contributed by atoms with E-state index in [1.165, 1.54) is 5.56 Å². The molecule has 0 spiro atoms. The molecule has 0 bridgehead atoms. The minimum Gasteiger partial charge on any atom is -0.340 e. The second-order valence-corrected chi connectivity index (χ2v) is 10.2. The first-order valence-corrected chi connectivity index (χ1v) is 12.9. The molecule has 1 saturated heterocycles. The van der Waals surface area contributed by atoms with E-state index in [0.717, 1.165) is 49.9 Å². The second-order valence-electron chi connectivity index (χ2n) is 9.22. The van der Waals surface area contributed by atoms with Gasteiger partial charge in [-0.05, 0) is 67.4 Å². The number of amides is 3. The van der Waals surface area contributed by atoms with E-state index in [1.807, 2.05) is 75.4 Å². The summed E-state index contributed by atoms with van der Waals surface area (Å²) in [5, 5.41) is 3.39. The third-order valence-electron chi connectivity index (χ3n) is 6.58. The molecule has 0 aliphatic carbocycles. The van der Waals surface area contributed by atoms with Crippen LogP contribution >= 0.6 is 11.8 Å². The lowest BCUT2D eigenvalue weighted by molar-refractivity contribution is -0.127. The SMILES string of the molecule is Cc1ccc(C)c(NC(=O)CN2C(=O)S/C(=C\c3c(C)n(Cc4ccccc4)c4ccccc34)C2=O)c1. The number of aromatic nitrogens is 1. The molecule has 0 radical (unpaired) electrons. The van der Waals surface area contributed by atoms with E-state index in [9.17, 15) is 14.4 Å². The predicted molar refractivity (Wildman–Crippen MR) is 149 cm³/mol. The summed E-state index contributed by atoms with van der Waals surface area (Å²) in [6, 6.07) is 24.0. The van der Waals surface area contributed by atoms with Crippen LogP contribution in [0.5, 0.6) is 0 Å². The Morgan fingerprint density at radius 2 is 1.68 bits per heavy atom. The van der Waals surface area contributed by atoms with Gasteiger partial charge >= 0.3 is 0 Å². The highest BCUT2D eigenvalue weighted by molar-refractivity contribution is 8.18. The van der Waals surface area contributed by atoms with Crippen LogP contribution in [-0.2, 0) is 16.1 Å². The number of para-hydroxylation sites is 1.